The van der Waals surface area contributed by atoms with Gasteiger partial charge in [0.25, 0.3) is 0 Å². The van der Waals surface area contributed by atoms with Crippen molar-refractivity contribution in [2.24, 2.45) is 0 Å². The van der Waals surface area contributed by atoms with Gasteiger partial charge in [0.2, 0.25) is 0 Å². The van der Waals surface area contributed by atoms with Gasteiger partial charge in [-0.15, -0.1) is 19.0 Å². The Balaban J connectivity index is 0.00000169. The molecule has 78 valence electrons. The molecule has 1 aromatic rings. The third-order valence-electron chi connectivity index (χ3n) is 1.79. The predicted molar refractivity (Wildman–Crippen MR) is 65.5 cm³/mol. The van der Waals surface area contributed by atoms with Crippen LogP contribution in [-0.2, 0) is 6.42 Å². The van der Waals surface area contributed by atoms with E-state index in [2.05, 4.69) is 24.0 Å². The molecule has 0 heterocycles. The first-order valence-electron chi connectivity index (χ1n) is 4.39. The summed E-state index contributed by atoms with van der Waals surface area (Å²) in [6, 6.07) is 7.95. The van der Waals surface area contributed by atoms with Crippen LogP contribution in [0.2, 0.25) is 5.02 Å². The van der Waals surface area contributed by atoms with Crippen LogP contribution in [0.3, 0.4) is 0 Å². The fourth-order valence-electron chi connectivity index (χ4n) is 1.09. The lowest BCUT2D eigenvalue weighted by molar-refractivity contribution is 0.745. The van der Waals surface area contributed by atoms with Crippen molar-refractivity contribution in [2.75, 3.05) is 13.1 Å². The van der Waals surface area contributed by atoms with Gasteiger partial charge in [-0.3, -0.25) is 0 Å². The molecule has 0 spiro atoms. The Morgan fingerprint density at radius 1 is 1.29 bits per heavy atom. The lowest BCUT2D eigenvalue weighted by Crippen LogP contribution is -2.16. The Morgan fingerprint density at radius 3 is 2.50 bits per heavy atom. The van der Waals surface area contributed by atoms with E-state index < -0.39 is 0 Å². The van der Waals surface area contributed by atoms with Crippen molar-refractivity contribution in [1.29, 1.82) is 0 Å². The number of halogens is 2. The highest BCUT2D eigenvalue weighted by Crippen LogP contribution is 2.09. The summed E-state index contributed by atoms with van der Waals surface area (Å²) < 4.78 is 0. The second-order valence-corrected chi connectivity index (χ2v) is 3.31. The molecule has 0 saturated carbocycles. The van der Waals surface area contributed by atoms with Crippen LogP contribution in [0.15, 0.2) is 36.9 Å². The van der Waals surface area contributed by atoms with Crippen molar-refractivity contribution < 1.29 is 0 Å². The van der Waals surface area contributed by atoms with Crippen molar-refractivity contribution >= 4 is 24.0 Å². The molecule has 0 aliphatic heterocycles. The molecular weight excluding hydrogens is 217 g/mol. The molecule has 0 aromatic heterocycles. The number of hydrogen-bond acceptors (Lipinski definition) is 1. The Labute approximate surface area is 96.6 Å². The number of nitrogens with one attached hydrogen (secondary N) is 1. The van der Waals surface area contributed by atoms with Crippen molar-refractivity contribution in [3.63, 3.8) is 0 Å². The quantitative estimate of drug-likeness (QED) is 0.607. The van der Waals surface area contributed by atoms with Gasteiger partial charge in [0, 0.05) is 11.6 Å². The fraction of sp³-hybridized carbons (Fsp3) is 0.273. The smallest absolute Gasteiger partial charge is 0.0406 e. The van der Waals surface area contributed by atoms with E-state index in [-0.39, 0.29) is 12.4 Å². The summed E-state index contributed by atoms with van der Waals surface area (Å²) in [7, 11) is 0. The molecule has 0 bridgehead atoms. The molecule has 0 aliphatic rings. The van der Waals surface area contributed by atoms with Crippen LogP contribution in [0.1, 0.15) is 5.56 Å². The molecule has 0 saturated heterocycles. The second kappa shape index (κ2) is 7.86. The van der Waals surface area contributed by atoms with Crippen LogP contribution in [0, 0.1) is 0 Å². The van der Waals surface area contributed by atoms with E-state index in [1.165, 1.54) is 5.56 Å². The van der Waals surface area contributed by atoms with Crippen LogP contribution < -0.4 is 5.32 Å². The maximum Gasteiger partial charge on any atom is 0.0406 e. The summed E-state index contributed by atoms with van der Waals surface area (Å²) in [6.07, 6.45) is 2.90. The van der Waals surface area contributed by atoms with Gasteiger partial charge < -0.3 is 5.32 Å². The van der Waals surface area contributed by atoms with Gasteiger partial charge in [0.05, 0.1) is 0 Å². The first kappa shape index (κ1) is 13.5. The SMILES string of the molecule is C=CCNCCc1ccc(Cl)cc1.Cl. The highest BCUT2D eigenvalue weighted by molar-refractivity contribution is 6.30. The topological polar surface area (TPSA) is 12.0 Å². The molecular formula is C11H15Cl2N. The third-order valence-corrected chi connectivity index (χ3v) is 2.04. The summed E-state index contributed by atoms with van der Waals surface area (Å²) in [4.78, 5) is 0. The van der Waals surface area contributed by atoms with Crippen LogP contribution in [0.25, 0.3) is 0 Å². The van der Waals surface area contributed by atoms with E-state index >= 15 is 0 Å². The van der Waals surface area contributed by atoms with E-state index in [1.54, 1.807) is 0 Å². The van der Waals surface area contributed by atoms with Crippen molar-refractivity contribution in [3.05, 3.63) is 47.5 Å². The standard InChI is InChI=1S/C11H14ClN.ClH/c1-2-8-13-9-7-10-3-5-11(12)6-4-10;/h2-6,13H,1,7-9H2;1H. The Bertz CT molecular complexity index is 256. The number of benzene rings is 1. The number of rotatable bonds is 5. The minimum atomic E-state index is 0. The average molecular weight is 232 g/mol. The predicted octanol–water partition coefficient (Wildman–Crippen LogP) is 3.08. The van der Waals surface area contributed by atoms with Crippen molar-refractivity contribution in [2.45, 2.75) is 6.42 Å². The normalized spacial score (nSPS) is 9.21. The van der Waals surface area contributed by atoms with Gasteiger partial charge in [-0.2, -0.15) is 0 Å². The molecule has 0 fully saturated rings. The highest BCUT2D eigenvalue weighted by atomic mass is 35.5. The van der Waals surface area contributed by atoms with Crippen LogP contribution in [0.5, 0.6) is 0 Å². The lowest BCUT2D eigenvalue weighted by Gasteiger charge is -2.01. The average Bonchev–Trinajstić information content (AvgIpc) is 2.15. The van der Waals surface area contributed by atoms with E-state index in [1.807, 2.05) is 18.2 Å². The van der Waals surface area contributed by atoms with E-state index in [0.29, 0.717) is 0 Å². The Morgan fingerprint density at radius 2 is 1.93 bits per heavy atom. The first-order chi connectivity index (χ1) is 6.33. The molecule has 1 N–H and O–H groups in total. The summed E-state index contributed by atoms with van der Waals surface area (Å²) in [5.74, 6) is 0. The zero-order chi connectivity index (χ0) is 9.52. The molecule has 0 aliphatic carbocycles. The monoisotopic (exact) mass is 231 g/mol. The van der Waals surface area contributed by atoms with Gasteiger partial charge in [-0.05, 0) is 30.7 Å². The molecule has 0 unspecified atom stereocenters. The molecule has 0 radical (unpaired) electrons. The number of hydrogen-bond donors (Lipinski definition) is 1. The van der Waals surface area contributed by atoms with Crippen LogP contribution in [0.4, 0.5) is 0 Å². The van der Waals surface area contributed by atoms with Gasteiger partial charge in [0.1, 0.15) is 0 Å². The van der Waals surface area contributed by atoms with E-state index in [9.17, 15) is 0 Å². The van der Waals surface area contributed by atoms with Gasteiger partial charge >= 0.3 is 0 Å². The van der Waals surface area contributed by atoms with Gasteiger partial charge in [-0.25, -0.2) is 0 Å². The highest BCUT2D eigenvalue weighted by Gasteiger charge is 1.91. The van der Waals surface area contributed by atoms with Gasteiger partial charge in [0.15, 0.2) is 0 Å². The summed E-state index contributed by atoms with van der Waals surface area (Å²) in [5.41, 5.74) is 1.31. The van der Waals surface area contributed by atoms with E-state index in [4.69, 9.17) is 11.6 Å². The summed E-state index contributed by atoms with van der Waals surface area (Å²) >= 11 is 5.77. The second-order valence-electron chi connectivity index (χ2n) is 2.87. The fourth-order valence-corrected chi connectivity index (χ4v) is 1.21. The summed E-state index contributed by atoms with van der Waals surface area (Å²) in [5, 5.41) is 4.04. The van der Waals surface area contributed by atoms with Crippen LogP contribution >= 0.6 is 24.0 Å². The minimum absolute atomic E-state index is 0. The zero-order valence-electron chi connectivity index (χ0n) is 8.00. The molecule has 1 nitrogen and oxygen atoms in total. The minimum Gasteiger partial charge on any atom is -0.313 e. The molecule has 14 heavy (non-hydrogen) atoms. The molecule has 0 amide bonds. The third kappa shape index (κ3) is 5.28. The molecule has 1 aromatic carbocycles. The largest absolute Gasteiger partial charge is 0.313 e. The van der Waals surface area contributed by atoms with Crippen molar-refractivity contribution in [1.82, 2.24) is 5.32 Å². The molecule has 3 heteroatoms. The molecule has 0 atom stereocenters. The van der Waals surface area contributed by atoms with Crippen LogP contribution in [-0.4, -0.2) is 13.1 Å². The lowest BCUT2D eigenvalue weighted by atomic mass is 10.1. The summed E-state index contributed by atoms with van der Waals surface area (Å²) in [6.45, 7) is 5.49. The molecule has 1 rings (SSSR count). The first-order valence-corrected chi connectivity index (χ1v) is 4.77. The maximum atomic E-state index is 5.77. The maximum absolute atomic E-state index is 5.77. The van der Waals surface area contributed by atoms with E-state index in [0.717, 1.165) is 24.5 Å². The van der Waals surface area contributed by atoms with Crippen molar-refractivity contribution in [3.8, 4) is 0 Å². The van der Waals surface area contributed by atoms with Gasteiger partial charge in [-0.1, -0.05) is 29.8 Å². The Hall–Kier alpha value is -0.500. The zero-order valence-corrected chi connectivity index (χ0v) is 9.57. The Kier molecular flexibility index (Phi) is 7.58.